The fourth-order valence-electron chi connectivity index (χ4n) is 4.41. The van der Waals surface area contributed by atoms with Gasteiger partial charge >= 0.3 is 0 Å². The van der Waals surface area contributed by atoms with Gasteiger partial charge in [-0.25, -0.2) is 8.42 Å². The van der Waals surface area contributed by atoms with Gasteiger partial charge in [0, 0.05) is 18.7 Å². The zero-order chi connectivity index (χ0) is 19.0. The first-order chi connectivity index (χ1) is 12.9. The Kier molecular flexibility index (Phi) is 4.68. The molecule has 0 aliphatic heterocycles. The van der Waals surface area contributed by atoms with Crippen LogP contribution in [0.5, 0.6) is 0 Å². The molecule has 0 spiro atoms. The Morgan fingerprint density at radius 3 is 2.48 bits per heavy atom. The Morgan fingerprint density at radius 1 is 1.04 bits per heavy atom. The van der Waals surface area contributed by atoms with Crippen LogP contribution in [0.1, 0.15) is 36.0 Å². The molecule has 2 unspecified atom stereocenters. The largest absolute Gasteiger partial charge is 0.349 e. The molecular formula is C21H24N2O3S. The van der Waals surface area contributed by atoms with E-state index in [0.29, 0.717) is 17.2 Å². The number of nitrogens with one attached hydrogen (secondary N) is 1. The van der Waals surface area contributed by atoms with Crippen LogP contribution in [0.4, 0.5) is 5.69 Å². The third kappa shape index (κ3) is 3.46. The van der Waals surface area contributed by atoms with Gasteiger partial charge in [-0.1, -0.05) is 30.7 Å². The number of sulfonamides is 1. The van der Waals surface area contributed by atoms with Gasteiger partial charge in [0.15, 0.2) is 0 Å². The lowest BCUT2D eigenvalue weighted by atomic mass is 9.95. The zero-order valence-electron chi connectivity index (χ0n) is 15.3. The summed E-state index contributed by atoms with van der Waals surface area (Å²) in [6.07, 6.45) is 4.72. The highest BCUT2D eigenvalue weighted by Crippen LogP contribution is 2.44. The minimum Gasteiger partial charge on any atom is -0.349 e. The summed E-state index contributed by atoms with van der Waals surface area (Å²) in [6.45, 7) is 0. The first kappa shape index (κ1) is 18.0. The molecule has 3 atom stereocenters. The third-order valence-corrected chi connectivity index (χ3v) is 7.71. The van der Waals surface area contributed by atoms with Crippen LogP contribution in [-0.4, -0.2) is 27.4 Å². The topological polar surface area (TPSA) is 66.5 Å². The molecule has 1 N–H and O–H groups in total. The molecule has 2 aromatic carbocycles. The Balaban J connectivity index is 1.54. The number of rotatable bonds is 5. The molecule has 0 radical (unpaired) electrons. The molecule has 2 bridgehead atoms. The molecule has 1 amide bonds. The molecule has 4 rings (SSSR count). The minimum absolute atomic E-state index is 0.120. The maximum Gasteiger partial charge on any atom is 0.264 e. The fraction of sp³-hybridized carbons (Fsp3) is 0.381. The molecule has 0 saturated heterocycles. The van der Waals surface area contributed by atoms with Crippen LogP contribution in [-0.2, 0) is 10.0 Å². The summed E-state index contributed by atoms with van der Waals surface area (Å²) in [5, 5.41) is 3.12. The van der Waals surface area contributed by atoms with Crippen molar-refractivity contribution in [2.24, 2.45) is 11.8 Å². The second kappa shape index (κ2) is 7.00. The fourth-order valence-corrected chi connectivity index (χ4v) is 5.65. The standard InChI is InChI=1S/C21H24N2O3S/c1-23(18-7-3-2-4-8-18)27(25,26)19-9-5-6-17(14-19)21(24)22-20-13-15-10-11-16(20)12-15/h2-9,14-16,20H,10-13H2,1H3,(H,22,24)/t15?,16?,20-/m1/s1. The number of benzene rings is 2. The molecule has 0 aromatic heterocycles. The van der Waals surface area contributed by atoms with E-state index in [1.165, 1.54) is 42.7 Å². The van der Waals surface area contributed by atoms with Crippen LogP contribution in [0, 0.1) is 11.8 Å². The number of carbonyl (C=O) groups is 1. The van der Waals surface area contributed by atoms with E-state index in [1.807, 2.05) is 6.07 Å². The van der Waals surface area contributed by atoms with Gasteiger partial charge in [-0.05, 0) is 61.4 Å². The number of carbonyl (C=O) groups excluding carboxylic acids is 1. The molecule has 5 nitrogen and oxygen atoms in total. The minimum atomic E-state index is -3.73. The smallest absolute Gasteiger partial charge is 0.264 e. The van der Waals surface area contributed by atoms with Crippen molar-refractivity contribution in [2.75, 3.05) is 11.4 Å². The maximum atomic E-state index is 13.0. The van der Waals surface area contributed by atoms with Gasteiger partial charge < -0.3 is 5.32 Å². The molecule has 2 saturated carbocycles. The summed E-state index contributed by atoms with van der Waals surface area (Å²) >= 11 is 0. The number of amides is 1. The van der Waals surface area contributed by atoms with E-state index in [-0.39, 0.29) is 16.8 Å². The van der Waals surface area contributed by atoms with Gasteiger partial charge in [-0.2, -0.15) is 0 Å². The molecule has 2 aliphatic carbocycles. The number of fused-ring (bicyclic) bond motifs is 2. The van der Waals surface area contributed by atoms with Crippen molar-refractivity contribution in [3.63, 3.8) is 0 Å². The first-order valence-electron chi connectivity index (χ1n) is 9.40. The van der Waals surface area contributed by atoms with Gasteiger partial charge in [0.1, 0.15) is 0 Å². The van der Waals surface area contributed by atoms with Gasteiger partial charge in [-0.3, -0.25) is 9.10 Å². The average Bonchev–Trinajstić information content (AvgIpc) is 3.31. The molecule has 2 fully saturated rings. The highest BCUT2D eigenvalue weighted by molar-refractivity contribution is 7.92. The first-order valence-corrected chi connectivity index (χ1v) is 10.8. The summed E-state index contributed by atoms with van der Waals surface area (Å²) in [5.74, 6) is 1.13. The van der Waals surface area contributed by atoms with E-state index in [0.717, 1.165) is 12.3 Å². The van der Waals surface area contributed by atoms with Crippen molar-refractivity contribution >= 4 is 21.6 Å². The summed E-state index contributed by atoms with van der Waals surface area (Å²) in [7, 11) is -2.21. The summed E-state index contributed by atoms with van der Waals surface area (Å²) < 4.78 is 27.1. The molecule has 6 heteroatoms. The SMILES string of the molecule is CN(c1ccccc1)S(=O)(=O)c1cccc(C(=O)N[C@@H]2CC3CCC2C3)c1. The monoisotopic (exact) mass is 384 g/mol. The van der Waals surface area contributed by atoms with E-state index in [1.54, 1.807) is 36.4 Å². The van der Waals surface area contributed by atoms with Gasteiger partial charge in [0.25, 0.3) is 15.9 Å². The van der Waals surface area contributed by atoms with Crippen LogP contribution in [0.2, 0.25) is 0 Å². The molecule has 142 valence electrons. The summed E-state index contributed by atoms with van der Waals surface area (Å²) in [6, 6.07) is 15.4. The van der Waals surface area contributed by atoms with Crippen LogP contribution in [0.25, 0.3) is 0 Å². The molecule has 27 heavy (non-hydrogen) atoms. The highest BCUT2D eigenvalue weighted by atomic mass is 32.2. The highest BCUT2D eigenvalue weighted by Gasteiger charge is 2.40. The van der Waals surface area contributed by atoms with E-state index in [2.05, 4.69) is 5.32 Å². The average molecular weight is 385 g/mol. The van der Waals surface area contributed by atoms with Gasteiger partial charge in [-0.15, -0.1) is 0 Å². The lowest BCUT2D eigenvalue weighted by Crippen LogP contribution is -2.38. The summed E-state index contributed by atoms with van der Waals surface area (Å²) in [5.41, 5.74) is 0.967. The van der Waals surface area contributed by atoms with Crippen LogP contribution < -0.4 is 9.62 Å². The lowest BCUT2D eigenvalue weighted by Gasteiger charge is -2.23. The Labute approximate surface area is 160 Å². The second-order valence-corrected chi connectivity index (χ2v) is 9.56. The quantitative estimate of drug-likeness (QED) is 0.859. The lowest BCUT2D eigenvalue weighted by molar-refractivity contribution is 0.0922. The third-order valence-electron chi connectivity index (χ3n) is 5.93. The van der Waals surface area contributed by atoms with E-state index < -0.39 is 10.0 Å². The van der Waals surface area contributed by atoms with E-state index >= 15 is 0 Å². The van der Waals surface area contributed by atoms with Gasteiger partial charge in [0.2, 0.25) is 0 Å². The Hall–Kier alpha value is -2.34. The number of para-hydroxylation sites is 1. The zero-order valence-corrected chi connectivity index (χ0v) is 16.2. The Morgan fingerprint density at radius 2 is 1.81 bits per heavy atom. The number of hydrogen-bond acceptors (Lipinski definition) is 3. The van der Waals surface area contributed by atoms with E-state index in [4.69, 9.17) is 0 Å². The molecule has 0 heterocycles. The van der Waals surface area contributed by atoms with Crippen molar-refractivity contribution in [3.8, 4) is 0 Å². The van der Waals surface area contributed by atoms with Gasteiger partial charge in [0.05, 0.1) is 10.6 Å². The predicted molar refractivity (Wildman–Crippen MR) is 105 cm³/mol. The number of nitrogens with zero attached hydrogens (tertiary/aromatic N) is 1. The van der Waals surface area contributed by atoms with Crippen molar-refractivity contribution < 1.29 is 13.2 Å². The molecule has 2 aliphatic rings. The van der Waals surface area contributed by atoms with Crippen molar-refractivity contribution in [3.05, 3.63) is 60.2 Å². The van der Waals surface area contributed by atoms with E-state index in [9.17, 15) is 13.2 Å². The molecular weight excluding hydrogens is 360 g/mol. The predicted octanol–water partition coefficient (Wildman–Crippen LogP) is 3.43. The number of anilines is 1. The number of hydrogen-bond donors (Lipinski definition) is 1. The second-order valence-electron chi connectivity index (χ2n) is 7.59. The summed E-state index contributed by atoms with van der Waals surface area (Å²) in [4.78, 5) is 12.8. The van der Waals surface area contributed by atoms with Crippen LogP contribution in [0.15, 0.2) is 59.5 Å². The van der Waals surface area contributed by atoms with Crippen molar-refractivity contribution in [1.82, 2.24) is 5.32 Å². The van der Waals surface area contributed by atoms with Crippen molar-refractivity contribution in [1.29, 1.82) is 0 Å². The van der Waals surface area contributed by atoms with Crippen LogP contribution >= 0.6 is 0 Å². The van der Waals surface area contributed by atoms with Crippen molar-refractivity contribution in [2.45, 2.75) is 36.6 Å². The van der Waals surface area contributed by atoms with Crippen LogP contribution in [0.3, 0.4) is 0 Å². The maximum absolute atomic E-state index is 13.0. The normalized spacial score (nSPS) is 24.0. The molecule has 2 aromatic rings. The Bertz CT molecular complexity index is 943.